The molecule has 0 aliphatic carbocycles. The van der Waals surface area contributed by atoms with Crippen LogP contribution in [-0.4, -0.2) is 12.9 Å². The molecule has 0 unspecified atom stereocenters. The van der Waals surface area contributed by atoms with Gasteiger partial charge in [0.05, 0.1) is 12.7 Å². The molecule has 1 aromatic heterocycles. The number of carbonyl (C=O) groups excluding carboxylic acids is 1. The minimum Gasteiger partial charge on any atom is -0.496 e. The summed E-state index contributed by atoms with van der Waals surface area (Å²) in [5, 5.41) is 0. The smallest absolute Gasteiger partial charge is 0.171 e. The van der Waals surface area contributed by atoms with Gasteiger partial charge in [0, 0.05) is 16.2 Å². The molecule has 2 nitrogen and oxygen atoms in total. The van der Waals surface area contributed by atoms with Crippen LogP contribution in [0.4, 0.5) is 0 Å². The van der Waals surface area contributed by atoms with E-state index in [0.717, 1.165) is 16.9 Å². The summed E-state index contributed by atoms with van der Waals surface area (Å²) in [6.45, 7) is 4.12. The van der Waals surface area contributed by atoms with E-state index in [1.165, 1.54) is 4.88 Å². The summed E-state index contributed by atoms with van der Waals surface area (Å²) in [5.41, 5.74) is 1.76. The monoisotopic (exact) mass is 274 g/mol. The molecule has 0 spiro atoms. The largest absolute Gasteiger partial charge is 0.496 e. The Bertz CT molecular complexity index is 584. The summed E-state index contributed by atoms with van der Waals surface area (Å²) < 4.78 is 5.29. The zero-order chi connectivity index (χ0) is 13.8. The number of rotatable bonds is 5. The van der Waals surface area contributed by atoms with E-state index in [1.54, 1.807) is 18.4 Å². The second-order valence-corrected chi connectivity index (χ2v) is 5.78. The third-order valence-corrected chi connectivity index (χ3v) is 4.29. The minimum atomic E-state index is 0.112. The molecule has 0 radical (unpaired) electrons. The van der Waals surface area contributed by atoms with Gasteiger partial charge in [-0.15, -0.1) is 11.3 Å². The number of benzene rings is 1. The van der Waals surface area contributed by atoms with Crippen LogP contribution in [0.1, 0.15) is 32.6 Å². The fourth-order valence-electron chi connectivity index (χ4n) is 1.99. The Labute approximate surface area is 118 Å². The van der Waals surface area contributed by atoms with Crippen LogP contribution >= 0.6 is 11.3 Å². The van der Waals surface area contributed by atoms with Crippen molar-refractivity contribution in [3.8, 4) is 5.75 Å². The molecule has 2 aromatic rings. The highest BCUT2D eigenvalue weighted by atomic mass is 32.1. The van der Waals surface area contributed by atoms with Gasteiger partial charge < -0.3 is 4.74 Å². The highest BCUT2D eigenvalue weighted by molar-refractivity contribution is 7.12. The van der Waals surface area contributed by atoms with Crippen molar-refractivity contribution in [1.29, 1.82) is 0 Å². The average Bonchev–Trinajstić information content (AvgIpc) is 2.86. The first-order valence-corrected chi connectivity index (χ1v) is 7.21. The van der Waals surface area contributed by atoms with Crippen LogP contribution < -0.4 is 4.74 Å². The summed E-state index contributed by atoms with van der Waals surface area (Å²) in [6.07, 6.45) is 1.47. The van der Waals surface area contributed by atoms with Gasteiger partial charge in [-0.1, -0.05) is 13.0 Å². The number of thiophene rings is 1. The number of Topliss-reactive ketones (excluding diaryl/α,β-unsaturated/α-hetero) is 1. The molecule has 0 saturated carbocycles. The van der Waals surface area contributed by atoms with Gasteiger partial charge in [0.2, 0.25) is 0 Å². The van der Waals surface area contributed by atoms with Crippen LogP contribution in [0.2, 0.25) is 0 Å². The Morgan fingerprint density at radius 3 is 2.58 bits per heavy atom. The molecular weight excluding hydrogens is 256 g/mol. The lowest BCUT2D eigenvalue weighted by Crippen LogP contribution is -2.05. The first-order chi connectivity index (χ1) is 9.13. The zero-order valence-electron chi connectivity index (χ0n) is 11.5. The van der Waals surface area contributed by atoms with Crippen LogP contribution in [0.15, 0.2) is 30.3 Å². The molecule has 0 fully saturated rings. The van der Waals surface area contributed by atoms with E-state index in [4.69, 9.17) is 4.74 Å². The topological polar surface area (TPSA) is 26.3 Å². The minimum absolute atomic E-state index is 0.112. The number of methoxy groups -OCH3 is 1. The molecule has 2 rings (SSSR count). The van der Waals surface area contributed by atoms with Gasteiger partial charge in [0.25, 0.3) is 0 Å². The maximum absolute atomic E-state index is 12.3. The van der Waals surface area contributed by atoms with E-state index >= 15 is 0 Å². The first kappa shape index (κ1) is 13.8. The molecule has 0 aliphatic rings. The van der Waals surface area contributed by atoms with Crippen LogP contribution in [0.25, 0.3) is 0 Å². The number of hydrogen-bond acceptors (Lipinski definition) is 3. The SMILES string of the molecule is CCc1ccc(CC(=O)c2ccc(C)cc2OC)s1. The van der Waals surface area contributed by atoms with Crippen molar-refractivity contribution in [2.75, 3.05) is 7.11 Å². The number of carbonyl (C=O) groups is 1. The van der Waals surface area contributed by atoms with Crippen molar-refractivity contribution in [2.45, 2.75) is 26.7 Å². The lowest BCUT2D eigenvalue weighted by molar-refractivity contribution is 0.0991. The molecule has 3 heteroatoms. The van der Waals surface area contributed by atoms with Crippen LogP contribution in [0, 0.1) is 6.92 Å². The maximum Gasteiger partial charge on any atom is 0.171 e. The fourth-order valence-corrected chi connectivity index (χ4v) is 2.95. The van der Waals surface area contributed by atoms with Gasteiger partial charge in [0.1, 0.15) is 5.75 Å². The van der Waals surface area contributed by atoms with Crippen molar-refractivity contribution in [2.24, 2.45) is 0 Å². The molecule has 1 aromatic carbocycles. The Morgan fingerprint density at radius 1 is 1.21 bits per heavy atom. The Kier molecular flexibility index (Phi) is 4.38. The molecule has 0 bridgehead atoms. The predicted molar refractivity (Wildman–Crippen MR) is 79.5 cm³/mol. The second kappa shape index (κ2) is 6.02. The van der Waals surface area contributed by atoms with Gasteiger partial charge in [-0.2, -0.15) is 0 Å². The second-order valence-electron chi connectivity index (χ2n) is 4.53. The summed E-state index contributed by atoms with van der Waals surface area (Å²) in [4.78, 5) is 14.8. The predicted octanol–water partition coefficient (Wildman–Crippen LogP) is 4.05. The number of ketones is 1. The highest BCUT2D eigenvalue weighted by Gasteiger charge is 2.13. The molecule has 19 heavy (non-hydrogen) atoms. The van der Waals surface area contributed by atoms with Gasteiger partial charge in [-0.25, -0.2) is 0 Å². The number of hydrogen-bond donors (Lipinski definition) is 0. The van der Waals surface area contributed by atoms with Gasteiger partial charge in [-0.05, 0) is 43.2 Å². The van der Waals surface area contributed by atoms with E-state index < -0.39 is 0 Å². The number of ether oxygens (including phenoxy) is 1. The molecular formula is C16H18O2S. The van der Waals surface area contributed by atoms with E-state index in [2.05, 4.69) is 13.0 Å². The van der Waals surface area contributed by atoms with E-state index in [9.17, 15) is 4.79 Å². The molecule has 1 heterocycles. The quantitative estimate of drug-likeness (QED) is 0.769. The van der Waals surface area contributed by atoms with Crippen molar-refractivity contribution < 1.29 is 9.53 Å². The van der Waals surface area contributed by atoms with Gasteiger partial charge in [-0.3, -0.25) is 4.79 Å². The molecule has 0 N–H and O–H groups in total. The van der Waals surface area contributed by atoms with Crippen molar-refractivity contribution in [1.82, 2.24) is 0 Å². The summed E-state index contributed by atoms with van der Waals surface area (Å²) in [6, 6.07) is 9.84. The highest BCUT2D eigenvalue weighted by Crippen LogP contribution is 2.24. The Hall–Kier alpha value is -1.61. The standard InChI is InChI=1S/C16H18O2S/c1-4-12-6-7-13(19-12)10-15(17)14-8-5-11(2)9-16(14)18-3/h5-9H,4,10H2,1-3H3. The van der Waals surface area contributed by atoms with Gasteiger partial charge >= 0.3 is 0 Å². The normalized spacial score (nSPS) is 10.5. The van der Waals surface area contributed by atoms with E-state index in [0.29, 0.717) is 17.7 Å². The van der Waals surface area contributed by atoms with E-state index in [-0.39, 0.29) is 5.78 Å². The van der Waals surface area contributed by atoms with Crippen LogP contribution in [0.5, 0.6) is 5.75 Å². The van der Waals surface area contributed by atoms with Crippen LogP contribution in [-0.2, 0) is 12.8 Å². The third kappa shape index (κ3) is 3.24. The zero-order valence-corrected chi connectivity index (χ0v) is 12.3. The lowest BCUT2D eigenvalue weighted by Gasteiger charge is -2.08. The molecule has 0 aliphatic heterocycles. The Balaban J connectivity index is 2.20. The molecule has 0 saturated heterocycles. The molecule has 0 atom stereocenters. The summed E-state index contributed by atoms with van der Waals surface area (Å²) >= 11 is 1.71. The van der Waals surface area contributed by atoms with Crippen molar-refractivity contribution in [3.63, 3.8) is 0 Å². The fraction of sp³-hybridized carbons (Fsp3) is 0.312. The molecule has 0 amide bonds. The number of aryl methyl sites for hydroxylation is 2. The summed E-state index contributed by atoms with van der Waals surface area (Å²) in [7, 11) is 1.60. The third-order valence-electron chi connectivity index (χ3n) is 3.06. The van der Waals surface area contributed by atoms with Crippen molar-refractivity contribution in [3.05, 3.63) is 51.2 Å². The maximum atomic E-state index is 12.3. The Morgan fingerprint density at radius 2 is 1.95 bits per heavy atom. The lowest BCUT2D eigenvalue weighted by atomic mass is 10.0. The van der Waals surface area contributed by atoms with Crippen molar-refractivity contribution >= 4 is 17.1 Å². The van der Waals surface area contributed by atoms with Crippen LogP contribution in [0.3, 0.4) is 0 Å². The van der Waals surface area contributed by atoms with E-state index in [1.807, 2.05) is 31.2 Å². The first-order valence-electron chi connectivity index (χ1n) is 6.39. The van der Waals surface area contributed by atoms with Gasteiger partial charge in [0.15, 0.2) is 5.78 Å². The average molecular weight is 274 g/mol. The summed E-state index contributed by atoms with van der Waals surface area (Å²) in [5.74, 6) is 0.777. The molecule has 100 valence electrons.